The van der Waals surface area contributed by atoms with E-state index in [2.05, 4.69) is 9.97 Å². The van der Waals surface area contributed by atoms with Gasteiger partial charge in [0.05, 0.1) is 27.8 Å². The number of fused-ring (bicyclic) bond motifs is 1. The predicted molar refractivity (Wildman–Crippen MR) is 121 cm³/mol. The molecule has 4 aromatic rings. The molecule has 0 aliphatic rings. The van der Waals surface area contributed by atoms with Crippen molar-refractivity contribution in [2.24, 2.45) is 0 Å². The van der Waals surface area contributed by atoms with Gasteiger partial charge in [-0.25, -0.2) is 9.37 Å². The van der Waals surface area contributed by atoms with Gasteiger partial charge in [-0.15, -0.1) is 11.8 Å². The van der Waals surface area contributed by atoms with E-state index in [1.165, 1.54) is 12.1 Å². The first kappa shape index (κ1) is 20.1. The summed E-state index contributed by atoms with van der Waals surface area (Å²) in [5.41, 5.74) is 5.23. The second-order valence-corrected chi connectivity index (χ2v) is 7.86. The van der Waals surface area contributed by atoms with Crippen molar-refractivity contribution in [1.82, 2.24) is 9.97 Å². The Bertz CT molecular complexity index is 1290. The Balaban J connectivity index is 1.64. The maximum atomic E-state index is 13.9. The van der Waals surface area contributed by atoms with Gasteiger partial charge in [0.1, 0.15) is 11.1 Å². The van der Waals surface area contributed by atoms with Gasteiger partial charge < -0.3 is 4.90 Å². The van der Waals surface area contributed by atoms with Gasteiger partial charge in [-0.05, 0) is 53.8 Å². The molecule has 3 aromatic carbocycles. The molecular formula is C23H16ClFN4S. The maximum Gasteiger partial charge on any atom is 0.159 e. The van der Waals surface area contributed by atoms with E-state index in [9.17, 15) is 4.39 Å². The van der Waals surface area contributed by atoms with Gasteiger partial charge in [0.25, 0.3) is 0 Å². The summed E-state index contributed by atoms with van der Waals surface area (Å²) in [6, 6.07) is 18.8. The van der Waals surface area contributed by atoms with E-state index in [1.807, 2.05) is 66.7 Å². The van der Waals surface area contributed by atoms with Crippen LogP contribution in [-0.4, -0.2) is 23.3 Å². The molecule has 0 saturated carbocycles. The minimum atomic E-state index is -0.698. The van der Waals surface area contributed by atoms with E-state index in [0.29, 0.717) is 5.69 Å². The fourth-order valence-electron chi connectivity index (χ4n) is 3.15. The summed E-state index contributed by atoms with van der Waals surface area (Å²) in [5.74, 6) is -0.698. The number of aromatic nitrogens is 2. The zero-order valence-electron chi connectivity index (χ0n) is 16.2. The van der Waals surface area contributed by atoms with Gasteiger partial charge in [-0.3, -0.25) is 4.98 Å². The molecule has 148 valence electrons. The first-order valence-electron chi connectivity index (χ1n) is 9.04. The number of nitriles is 1. The van der Waals surface area contributed by atoms with Crippen molar-refractivity contribution in [2.45, 2.75) is 5.03 Å². The molecule has 4 nitrogen and oxygen atoms in total. The molecular weight excluding hydrogens is 419 g/mol. The molecule has 0 radical (unpaired) electrons. The number of hydrogen-bond acceptors (Lipinski definition) is 5. The van der Waals surface area contributed by atoms with Crippen molar-refractivity contribution >= 4 is 45.8 Å². The zero-order chi connectivity index (χ0) is 21.3. The molecule has 0 saturated heterocycles. The van der Waals surface area contributed by atoms with Gasteiger partial charge >= 0.3 is 0 Å². The third kappa shape index (κ3) is 3.82. The van der Waals surface area contributed by atoms with Crippen LogP contribution in [0.25, 0.3) is 22.2 Å². The second-order valence-electron chi connectivity index (χ2n) is 6.62. The van der Waals surface area contributed by atoms with Crippen LogP contribution in [0.3, 0.4) is 0 Å². The van der Waals surface area contributed by atoms with Crippen molar-refractivity contribution in [3.8, 4) is 17.2 Å². The smallest absolute Gasteiger partial charge is 0.159 e. The predicted octanol–water partition coefficient (Wildman–Crippen LogP) is 6.45. The summed E-state index contributed by atoms with van der Waals surface area (Å²) in [7, 11) is 1.84. The van der Waals surface area contributed by atoms with Crippen molar-refractivity contribution in [3.63, 3.8) is 0 Å². The van der Waals surface area contributed by atoms with Gasteiger partial charge in [-0.2, -0.15) is 5.26 Å². The normalized spacial score (nSPS) is 10.8. The maximum absolute atomic E-state index is 13.9. The zero-order valence-corrected chi connectivity index (χ0v) is 17.8. The molecule has 7 heteroatoms. The van der Waals surface area contributed by atoms with Crippen LogP contribution in [0.4, 0.5) is 15.8 Å². The van der Waals surface area contributed by atoms with Crippen LogP contribution >= 0.6 is 23.4 Å². The number of halogens is 2. The molecule has 0 aliphatic heterocycles. The lowest BCUT2D eigenvalue weighted by molar-refractivity contribution is 0.624. The SMILES string of the molecule is CSc1cnc2cc(-c3ccc(N(C)c4cc(Cl)c(F)c(C#N)c4)cc3)ccc2n1. The fourth-order valence-corrected chi connectivity index (χ4v) is 3.71. The standard InChI is InChI=1S/C23H16ClFN4S/c1-29(18-9-16(12-26)23(25)19(24)11-18)17-6-3-14(4-7-17)15-5-8-20-21(10-15)27-13-22(28-20)30-2/h3-11,13H,1-2H3. The molecule has 0 spiro atoms. The highest BCUT2D eigenvalue weighted by molar-refractivity contribution is 7.98. The van der Waals surface area contributed by atoms with E-state index >= 15 is 0 Å². The summed E-state index contributed by atoms with van der Waals surface area (Å²) in [4.78, 5) is 10.9. The van der Waals surface area contributed by atoms with E-state index in [1.54, 1.807) is 18.0 Å². The Labute approximate surface area is 183 Å². The van der Waals surface area contributed by atoms with Crippen LogP contribution in [0.15, 0.2) is 65.8 Å². The van der Waals surface area contributed by atoms with Crippen LogP contribution in [0, 0.1) is 17.1 Å². The average Bonchev–Trinajstić information content (AvgIpc) is 2.79. The first-order chi connectivity index (χ1) is 14.5. The van der Waals surface area contributed by atoms with Crippen molar-refractivity contribution < 1.29 is 4.39 Å². The lowest BCUT2D eigenvalue weighted by atomic mass is 10.0. The van der Waals surface area contributed by atoms with Crippen LogP contribution in [0.1, 0.15) is 5.56 Å². The molecule has 1 aromatic heterocycles. The highest BCUT2D eigenvalue weighted by Crippen LogP contribution is 2.31. The molecule has 0 bridgehead atoms. The second kappa shape index (κ2) is 8.31. The monoisotopic (exact) mass is 434 g/mol. The molecule has 0 amide bonds. The third-order valence-corrected chi connectivity index (χ3v) is 5.73. The molecule has 0 N–H and O–H groups in total. The molecule has 0 aliphatic carbocycles. The van der Waals surface area contributed by atoms with E-state index in [4.69, 9.17) is 16.9 Å². The quantitative estimate of drug-likeness (QED) is 0.345. The molecule has 4 rings (SSSR count). The number of anilines is 2. The number of thioether (sulfide) groups is 1. The van der Waals surface area contributed by atoms with Crippen LogP contribution in [0.5, 0.6) is 0 Å². The number of nitrogens with zero attached hydrogens (tertiary/aromatic N) is 4. The van der Waals surface area contributed by atoms with Crippen LogP contribution in [-0.2, 0) is 0 Å². The van der Waals surface area contributed by atoms with E-state index in [0.717, 1.165) is 32.9 Å². The lowest BCUT2D eigenvalue weighted by Gasteiger charge is -2.20. The molecule has 0 fully saturated rings. The van der Waals surface area contributed by atoms with Gasteiger partial charge in [0, 0.05) is 18.4 Å². The Kier molecular flexibility index (Phi) is 5.58. The van der Waals surface area contributed by atoms with Crippen molar-refractivity contribution in [2.75, 3.05) is 18.2 Å². The Morgan fingerprint density at radius 3 is 2.43 bits per heavy atom. The van der Waals surface area contributed by atoms with Crippen molar-refractivity contribution in [3.05, 3.63) is 77.2 Å². The Morgan fingerprint density at radius 2 is 1.73 bits per heavy atom. The summed E-state index contributed by atoms with van der Waals surface area (Å²) < 4.78 is 13.9. The number of hydrogen-bond donors (Lipinski definition) is 0. The summed E-state index contributed by atoms with van der Waals surface area (Å²) >= 11 is 7.50. The molecule has 0 atom stereocenters. The number of rotatable bonds is 4. The highest BCUT2D eigenvalue weighted by Gasteiger charge is 2.13. The van der Waals surface area contributed by atoms with Gasteiger partial charge in [0.2, 0.25) is 0 Å². The lowest BCUT2D eigenvalue weighted by Crippen LogP contribution is -2.10. The minimum Gasteiger partial charge on any atom is -0.345 e. The fraction of sp³-hybridized carbons (Fsp3) is 0.0870. The molecule has 30 heavy (non-hydrogen) atoms. The van der Waals surface area contributed by atoms with Crippen LogP contribution < -0.4 is 4.90 Å². The minimum absolute atomic E-state index is 0.0746. The van der Waals surface area contributed by atoms with E-state index < -0.39 is 5.82 Å². The highest BCUT2D eigenvalue weighted by atomic mass is 35.5. The topological polar surface area (TPSA) is 52.8 Å². The van der Waals surface area contributed by atoms with Gasteiger partial charge in [-0.1, -0.05) is 29.8 Å². The van der Waals surface area contributed by atoms with Crippen LogP contribution in [0.2, 0.25) is 5.02 Å². The Morgan fingerprint density at radius 1 is 1.00 bits per heavy atom. The van der Waals surface area contributed by atoms with Crippen molar-refractivity contribution in [1.29, 1.82) is 5.26 Å². The molecule has 1 heterocycles. The summed E-state index contributed by atoms with van der Waals surface area (Å²) in [6.45, 7) is 0. The third-order valence-electron chi connectivity index (χ3n) is 4.84. The Hall–Kier alpha value is -3.14. The van der Waals surface area contributed by atoms with E-state index in [-0.39, 0.29) is 10.6 Å². The summed E-state index contributed by atoms with van der Waals surface area (Å²) in [5, 5.41) is 9.93. The summed E-state index contributed by atoms with van der Waals surface area (Å²) in [6.07, 6.45) is 3.75. The van der Waals surface area contributed by atoms with Gasteiger partial charge in [0.15, 0.2) is 5.82 Å². The number of benzene rings is 3. The first-order valence-corrected chi connectivity index (χ1v) is 10.6. The molecule has 0 unspecified atom stereocenters. The largest absolute Gasteiger partial charge is 0.345 e. The average molecular weight is 435 g/mol.